The van der Waals surface area contributed by atoms with Crippen molar-refractivity contribution in [2.24, 2.45) is 0 Å². The molecular formula is C15H13NO2. The van der Waals surface area contributed by atoms with Gasteiger partial charge in [-0.15, -0.1) is 0 Å². The van der Waals surface area contributed by atoms with Crippen molar-refractivity contribution in [3.05, 3.63) is 59.9 Å². The Morgan fingerprint density at radius 3 is 3.00 bits per heavy atom. The van der Waals surface area contributed by atoms with Crippen LogP contribution >= 0.6 is 0 Å². The molecule has 3 heteroatoms. The molecule has 1 aliphatic heterocycles. The van der Waals surface area contributed by atoms with Gasteiger partial charge in [0.25, 0.3) is 0 Å². The largest absolute Gasteiger partial charge is 0.497 e. The Bertz CT molecular complexity index is 620. The normalized spacial score (nSPS) is 13.1. The topological polar surface area (TPSA) is 31.4 Å². The number of fused-ring (bicyclic) bond motifs is 2. The van der Waals surface area contributed by atoms with Crippen LogP contribution in [0.2, 0.25) is 0 Å². The molecule has 0 spiro atoms. The Kier molecular flexibility index (Phi) is 2.52. The third-order valence-electron chi connectivity index (χ3n) is 3.09. The maximum absolute atomic E-state index is 5.77. The predicted molar refractivity (Wildman–Crippen MR) is 69.7 cm³/mol. The lowest BCUT2D eigenvalue weighted by Gasteiger charge is -2.09. The molecule has 0 saturated heterocycles. The Morgan fingerprint density at radius 1 is 1.28 bits per heavy atom. The maximum Gasteiger partial charge on any atom is 0.131 e. The molecule has 0 atom stereocenters. The van der Waals surface area contributed by atoms with E-state index in [0.717, 1.165) is 33.9 Å². The molecule has 1 aromatic heterocycles. The molecule has 90 valence electrons. The highest BCUT2D eigenvalue weighted by Gasteiger charge is 2.18. The summed E-state index contributed by atoms with van der Waals surface area (Å²) in [7, 11) is 1.65. The van der Waals surface area contributed by atoms with Crippen molar-refractivity contribution < 1.29 is 9.47 Å². The number of aromatic nitrogens is 1. The lowest BCUT2D eigenvalue weighted by Crippen LogP contribution is -1.98. The molecule has 2 aromatic rings. The number of ether oxygens (including phenoxy) is 2. The second-order valence-electron chi connectivity index (χ2n) is 4.13. The highest BCUT2D eigenvalue weighted by atomic mass is 16.5. The number of pyridine rings is 1. The van der Waals surface area contributed by atoms with Gasteiger partial charge in [0.15, 0.2) is 0 Å². The fourth-order valence-corrected chi connectivity index (χ4v) is 2.12. The molecule has 1 aliphatic rings. The third kappa shape index (κ3) is 1.64. The summed E-state index contributed by atoms with van der Waals surface area (Å²) in [6, 6.07) is 9.66. The first-order valence-electron chi connectivity index (χ1n) is 5.74. The molecule has 0 amide bonds. The van der Waals surface area contributed by atoms with Gasteiger partial charge < -0.3 is 9.47 Å². The summed E-state index contributed by atoms with van der Waals surface area (Å²) < 4.78 is 11.0. The van der Waals surface area contributed by atoms with Crippen LogP contribution in [-0.4, -0.2) is 12.1 Å². The summed E-state index contributed by atoms with van der Waals surface area (Å²) in [6.07, 6.45) is 1.77. The van der Waals surface area contributed by atoms with Crippen molar-refractivity contribution in [2.75, 3.05) is 7.11 Å². The lowest BCUT2D eigenvalue weighted by molar-refractivity contribution is 0.302. The van der Waals surface area contributed by atoms with Crippen LogP contribution in [-0.2, 0) is 6.61 Å². The molecule has 0 saturated carbocycles. The second-order valence-corrected chi connectivity index (χ2v) is 4.13. The molecule has 1 aromatic carbocycles. The zero-order chi connectivity index (χ0) is 12.5. The van der Waals surface area contributed by atoms with Gasteiger partial charge in [0, 0.05) is 17.3 Å². The fraction of sp³-hybridized carbons (Fsp3) is 0.133. The second kappa shape index (κ2) is 4.18. The minimum Gasteiger partial charge on any atom is -0.497 e. The summed E-state index contributed by atoms with van der Waals surface area (Å²) >= 11 is 0. The van der Waals surface area contributed by atoms with Crippen LogP contribution < -0.4 is 9.47 Å². The SMILES string of the molecule is C=C1c2cc(OC)ccc2OCc2ncccc21. The zero-order valence-corrected chi connectivity index (χ0v) is 10.1. The van der Waals surface area contributed by atoms with E-state index in [4.69, 9.17) is 9.47 Å². The van der Waals surface area contributed by atoms with Crippen LogP contribution in [0.25, 0.3) is 5.57 Å². The fourth-order valence-electron chi connectivity index (χ4n) is 2.12. The average molecular weight is 239 g/mol. The van der Waals surface area contributed by atoms with Crippen LogP contribution in [0.1, 0.15) is 16.8 Å². The van der Waals surface area contributed by atoms with Crippen LogP contribution in [0.15, 0.2) is 43.1 Å². The van der Waals surface area contributed by atoms with Crippen LogP contribution in [0, 0.1) is 0 Å². The highest BCUT2D eigenvalue weighted by Crippen LogP contribution is 2.36. The van der Waals surface area contributed by atoms with E-state index in [1.807, 2.05) is 30.3 Å². The molecule has 3 rings (SSSR count). The van der Waals surface area contributed by atoms with E-state index in [1.165, 1.54) is 0 Å². The molecule has 0 fully saturated rings. The Hall–Kier alpha value is -2.29. The summed E-state index contributed by atoms with van der Waals surface area (Å²) in [4.78, 5) is 4.34. The van der Waals surface area contributed by atoms with E-state index in [1.54, 1.807) is 13.3 Å². The first kappa shape index (κ1) is 10.8. The molecule has 0 radical (unpaired) electrons. The molecule has 0 bridgehead atoms. The lowest BCUT2D eigenvalue weighted by atomic mass is 9.98. The van der Waals surface area contributed by atoms with Gasteiger partial charge in [-0.05, 0) is 29.8 Å². The maximum atomic E-state index is 5.77. The van der Waals surface area contributed by atoms with Crippen molar-refractivity contribution >= 4 is 5.57 Å². The van der Waals surface area contributed by atoms with Gasteiger partial charge in [-0.25, -0.2) is 0 Å². The molecule has 0 aliphatic carbocycles. The van der Waals surface area contributed by atoms with Crippen molar-refractivity contribution in [1.82, 2.24) is 4.98 Å². The number of rotatable bonds is 1. The zero-order valence-electron chi connectivity index (χ0n) is 10.1. The minimum atomic E-state index is 0.467. The van der Waals surface area contributed by atoms with Crippen molar-refractivity contribution in [3.63, 3.8) is 0 Å². The first-order valence-corrected chi connectivity index (χ1v) is 5.74. The molecular weight excluding hydrogens is 226 g/mol. The predicted octanol–water partition coefficient (Wildman–Crippen LogP) is 3.04. The first-order chi connectivity index (χ1) is 8.79. The Labute approximate surface area is 106 Å². The molecule has 3 nitrogen and oxygen atoms in total. The van der Waals surface area contributed by atoms with Gasteiger partial charge in [0.05, 0.1) is 12.8 Å². The standard InChI is InChI=1S/C15H13NO2/c1-10-12-4-3-7-16-14(12)9-18-15-6-5-11(17-2)8-13(10)15/h3-8H,1,9H2,2H3. The summed E-state index contributed by atoms with van der Waals surface area (Å²) in [6.45, 7) is 4.62. The van der Waals surface area contributed by atoms with Crippen LogP contribution in [0.4, 0.5) is 0 Å². The number of hydrogen-bond acceptors (Lipinski definition) is 3. The quantitative estimate of drug-likeness (QED) is 0.766. The molecule has 2 heterocycles. The Balaban J connectivity index is 2.17. The number of benzene rings is 1. The monoisotopic (exact) mass is 239 g/mol. The third-order valence-corrected chi connectivity index (χ3v) is 3.09. The summed E-state index contributed by atoms with van der Waals surface area (Å²) in [5.41, 5.74) is 3.83. The summed E-state index contributed by atoms with van der Waals surface area (Å²) in [5, 5.41) is 0. The van der Waals surface area contributed by atoms with Crippen LogP contribution in [0.3, 0.4) is 0 Å². The average Bonchev–Trinajstić information content (AvgIpc) is 2.57. The van der Waals surface area contributed by atoms with E-state index in [9.17, 15) is 0 Å². The number of methoxy groups -OCH3 is 1. The van der Waals surface area contributed by atoms with Gasteiger partial charge >= 0.3 is 0 Å². The van der Waals surface area contributed by atoms with E-state index in [-0.39, 0.29) is 0 Å². The van der Waals surface area contributed by atoms with E-state index in [0.29, 0.717) is 6.61 Å². The number of nitrogens with zero attached hydrogens (tertiary/aromatic N) is 1. The van der Waals surface area contributed by atoms with Gasteiger partial charge in [-0.2, -0.15) is 0 Å². The van der Waals surface area contributed by atoms with E-state index >= 15 is 0 Å². The molecule has 0 N–H and O–H groups in total. The molecule has 0 unspecified atom stereocenters. The minimum absolute atomic E-state index is 0.467. The van der Waals surface area contributed by atoms with Gasteiger partial charge in [-0.3, -0.25) is 4.98 Å². The smallest absolute Gasteiger partial charge is 0.131 e. The van der Waals surface area contributed by atoms with E-state index < -0.39 is 0 Å². The highest BCUT2D eigenvalue weighted by molar-refractivity contribution is 5.83. The number of hydrogen-bond donors (Lipinski definition) is 0. The molecule has 18 heavy (non-hydrogen) atoms. The van der Waals surface area contributed by atoms with E-state index in [2.05, 4.69) is 11.6 Å². The van der Waals surface area contributed by atoms with Crippen molar-refractivity contribution in [3.8, 4) is 11.5 Å². The van der Waals surface area contributed by atoms with Crippen molar-refractivity contribution in [2.45, 2.75) is 6.61 Å². The van der Waals surface area contributed by atoms with Gasteiger partial charge in [0.1, 0.15) is 18.1 Å². The van der Waals surface area contributed by atoms with Gasteiger partial charge in [0.2, 0.25) is 0 Å². The summed E-state index contributed by atoms with van der Waals surface area (Å²) in [5.74, 6) is 1.62. The van der Waals surface area contributed by atoms with Crippen molar-refractivity contribution in [1.29, 1.82) is 0 Å². The Morgan fingerprint density at radius 2 is 2.17 bits per heavy atom. The van der Waals surface area contributed by atoms with Gasteiger partial charge in [-0.1, -0.05) is 12.6 Å². The van der Waals surface area contributed by atoms with Crippen LogP contribution in [0.5, 0.6) is 11.5 Å².